The van der Waals surface area contributed by atoms with Crippen molar-refractivity contribution in [1.82, 2.24) is 0 Å². The molecule has 0 saturated heterocycles. The van der Waals surface area contributed by atoms with Gasteiger partial charge in [0.2, 0.25) is 0 Å². The van der Waals surface area contributed by atoms with Crippen molar-refractivity contribution in [2.24, 2.45) is 11.8 Å². The molecule has 6 nitrogen and oxygen atoms in total. The van der Waals surface area contributed by atoms with Gasteiger partial charge in [0.1, 0.15) is 0 Å². The molecule has 1 aliphatic carbocycles. The highest BCUT2D eigenvalue weighted by molar-refractivity contribution is 5.75. The molecule has 0 aromatic carbocycles. The summed E-state index contributed by atoms with van der Waals surface area (Å²) < 4.78 is 5.18. The third-order valence-electron chi connectivity index (χ3n) is 3.45. The van der Waals surface area contributed by atoms with Gasteiger partial charge in [-0.15, -0.1) is 0 Å². The molecule has 1 saturated carbocycles. The maximum Gasteiger partial charge on any atom is 0.308 e. The maximum atomic E-state index is 11.7. The summed E-state index contributed by atoms with van der Waals surface area (Å²) in [6.07, 6.45) is 5.79. The molecule has 124 valence electrons. The zero-order valence-electron chi connectivity index (χ0n) is 12.8. The van der Waals surface area contributed by atoms with E-state index in [1.165, 1.54) is 0 Å². The summed E-state index contributed by atoms with van der Waals surface area (Å²) in [6, 6.07) is 0. The number of aliphatic hydroxyl groups excluding tert-OH is 2. The second kappa shape index (κ2) is 12.6. The molecule has 0 aromatic rings. The number of hydrogen-bond donors (Lipinski definition) is 3. The number of carbonyl (C=O) groups excluding carboxylic acids is 1. The van der Waals surface area contributed by atoms with Crippen molar-refractivity contribution in [3.63, 3.8) is 0 Å². The smallest absolute Gasteiger partial charge is 0.308 e. The number of ether oxygens (including phenoxy) is 1. The molecule has 1 aliphatic rings. The van der Waals surface area contributed by atoms with Gasteiger partial charge < -0.3 is 20.1 Å². The van der Waals surface area contributed by atoms with Crippen LogP contribution >= 0.6 is 0 Å². The lowest BCUT2D eigenvalue weighted by Gasteiger charge is -2.24. The molecule has 2 unspecified atom stereocenters. The normalized spacial score (nSPS) is 21.1. The number of carbonyl (C=O) groups is 2. The van der Waals surface area contributed by atoms with Crippen molar-refractivity contribution < 1.29 is 29.6 Å². The summed E-state index contributed by atoms with van der Waals surface area (Å²) >= 11 is 0. The minimum atomic E-state index is -0.784. The number of unbranched alkanes of at least 4 members (excludes halogenated alkanes) is 2. The Hall–Kier alpha value is -1.14. The van der Waals surface area contributed by atoms with Crippen molar-refractivity contribution in [2.45, 2.75) is 51.9 Å². The number of aliphatic carboxylic acids is 1. The van der Waals surface area contributed by atoms with Gasteiger partial charge in [-0.25, -0.2) is 0 Å². The molecule has 21 heavy (non-hydrogen) atoms. The van der Waals surface area contributed by atoms with Crippen LogP contribution in [0.5, 0.6) is 0 Å². The highest BCUT2D eigenvalue weighted by Crippen LogP contribution is 2.30. The van der Waals surface area contributed by atoms with E-state index in [1.54, 1.807) is 0 Å². The molecule has 1 rings (SSSR count). The lowest BCUT2D eigenvalue weighted by atomic mass is 9.81. The Morgan fingerprint density at radius 2 is 1.71 bits per heavy atom. The first-order valence-electron chi connectivity index (χ1n) is 7.67. The quantitative estimate of drug-likeness (QED) is 0.487. The topological polar surface area (TPSA) is 104 Å². The summed E-state index contributed by atoms with van der Waals surface area (Å²) in [5.74, 6) is -1.55. The first-order valence-corrected chi connectivity index (χ1v) is 7.67. The number of rotatable bonds is 7. The predicted octanol–water partition coefficient (Wildman–Crippen LogP) is 1.58. The molecule has 0 aliphatic heterocycles. The minimum Gasteiger partial charge on any atom is -0.481 e. The first-order chi connectivity index (χ1) is 10.1. The summed E-state index contributed by atoms with van der Waals surface area (Å²) in [4.78, 5) is 22.6. The fourth-order valence-electron chi connectivity index (χ4n) is 2.27. The van der Waals surface area contributed by atoms with Crippen molar-refractivity contribution in [1.29, 1.82) is 0 Å². The lowest BCUT2D eigenvalue weighted by Crippen LogP contribution is -2.28. The van der Waals surface area contributed by atoms with Crippen molar-refractivity contribution in [3.05, 3.63) is 0 Å². The standard InChI is InChI=1S/C13H22O4.C2H6O2/c1-2-3-4-8-17-13(16)11-7-5-6-10(9-11)12(14)15;3-1-2-4/h10-11H,2-9H2,1H3,(H,14,15);3-4H,1-2H2. The molecule has 0 bridgehead atoms. The van der Waals surface area contributed by atoms with E-state index in [1.807, 2.05) is 0 Å². The van der Waals surface area contributed by atoms with E-state index in [9.17, 15) is 9.59 Å². The Labute approximate surface area is 126 Å². The highest BCUT2D eigenvalue weighted by atomic mass is 16.5. The van der Waals surface area contributed by atoms with Crippen LogP contribution < -0.4 is 0 Å². The molecule has 0 aromatic heterocycles. The Balaban J connectivity index is 0.000000885. The second-order valence-electron chi connectivity index (χ2n) is 5.22. The van der Waals surface area contributed by atoms with Crippen LogP contribution in [-0.2, 0) is 14.3 Å². The van der Waals surface area contributed by atoms with Crippen molar-refractivity contribution in [2.75, 3.05) is 19.8 Å². The van der Waals surface area contributed by atoms with Crippen LogP contribution in [0.15, 0.2) is 0 Å². The molecule has 0 radical (unpaired) electrons. The average molecular weight is 304 g/mol. The van der Waals surface area contributed by atoms with Gasteiger partial charge in [0.05, 0.1) is 31.7 Å². The van der Waals surface area contributed by atoms with E-state index in [0.29, 0.717) is 19.4 Å². The summed E-state index contributed by atoms with van der Waals surface area (Å²) in [7, 11) is 0. The van der Waals surface area contributed by atoms with E-state index in [4.69, 9.17) is 20.1 Å². The van der Waals surface area contributed by atoms with Gasteiger partial charge in [0.25, 0.3) is 0 Å². The van der Waals surface area contributed by atoms with Gasteiger partial charge >= 0.3 is 11.9 Å². The summed E-state index contributed by atoms with van der Waals surface area (Å²) in [5.41, 5.74) is 0. The molecule has 1 fully saturated rings. The Bertz CT molecular complexity index is 290. The predicted molar refractivity (Wildman–Crippen MR) is 77.7 cm³/mol. The van der Waals surface area contributed by atoms with Gasteiger partial charge in [-0.2, -0.15) is 0 Å². The average Bonchev–Trinajstić information content (AvgIpc) is 2.51. The minimum absolute atomic E-state index is 0.125. The van der Waals surface area contributed by atoms with E-state index < -0.39 is 5.97 Å². The van der Waals surface area contributed by atoms with Crippen LogP contribution in [0.2, 0.25) is 0 Å². The largest absolute Gasteiger partial charge is 0.481 e. The highest BCUT2D eigenvalue weighted by Gasteiger charge is 2.31. The van der Waals surface area contributed by atoms with E-state index >= 15 is 0 Å². The number of hydrogen-bond acceptors (Lipinski definition) is 5. The molecule has 3 N–H and O–H groups in total. The number of carboxylic acids is 1. The Morgan fingerprint density at radius 3 is 2.24 bits per heavy atom. The fraction of sp³-hybridized carbons (Fsp3) is 0.867. The number of esters is 1. The monoisotopic (exact) mass is 304 g/mol. The lowest BCUT2D eigenvalue weighted by molar-refractivity contribution is -0.152. The van der Waals surface area contributed by atoms with Crippen LogP contribution in [0.1, 0.15) is 51.9 Å². The molecule has 0 amide bonds. The van der Waals surface area contributed by atoms with Gasteiger partial charge in [0, 0.05) is 0 Å². The number of carboxylic acid groups (broad SMARTS) is 1. The van der Waals surface area contributed by atoms with Crippen LogP contribution in [-0.4, -0.2) is 47.1 Å². The molecule has 2 atom stereocenters. The molecule has 6 heteroatoms. The van der Waals surface area contributed by atoms with Crippen LogP contribution in [0.3, 0.4) is 0 Å². The van der Waals surface area contributed by atoms with Crippen LogP contribution in [0, 0.1) is 11.8 Å². The maximum absolute atomic E-state index is 11.7. The molecule has 0 heterocycles. The van der Waals surface area contributed by atoms with E-state index in [-0.39, 0.29) is 31.0 Å². The van der Waals surface area contributed by atoms with Gasteiger partial charge in [-0.1, -0.05) is 26.2 Å². The van der Waals surface area contributed by atoms with Crippen molar-refractivity contribution >= 4 is 11.9 Å². The summed E-state index contributed by atoms with van der Waals surface area (Å²) in [6.45, 7) is 2.32. The zero-order valence-corrected chi connectivity index (χ0v) is 12.8. The Morgan fingerprint density at radius 1 is 1.10 bits per heavy atom. The summed E-state index contributed by atoms with van der Waals surface area (Å²) in [5, 5.41) is 24.2. The third-order valence-corrected chi connectivity index (χ3v) is 3.45. The van der Waals surface area contributed by atoms with E-state index in [0.717, 1.165) is 32.1 Å². The third kappa shape index (κ3) is 9.42. The second-order valence-corrected chi connectivity index (χ2v) is 5.22. The van der Waals surface area contributed by atoms with Gasteiger partial charge in [-0.3, -0.25) is 9.59 Å². The van der Waals surface area contributed by atoms with Gasteiger partial charge in [0.15, 0.2) is 0 Å². The van der Waals surface area contributed by atoms with E-state index in [2.05, 4.69) is 6.92 Å². The van der Waals surface area contributed by atoms with Crippen molar-refractivity contribution in [3.8, 4) is 0 Å². The zero-order chi connectivity index (χ0) is 16.1. The number of aliphatic hydroxyl groups is 2. The SMILES string of the molecule is CCCCCOC(=O)C1CCCC(C(=O)O)C1.OCCO. The molecular weight excluding hydrogens is 276 g/mol. The first kappa shape index (κ1) is 19.9. The van der Waals surface area contributed by atoms with Crippen LogP contribution in [0.4, 0.5) is 0 Å². The fourth-order valence-corrected chi connectivity index (χ4v) is 2.27. The molecule has 0 spiro atoms. The van der Waals surface area contributed by atoms with Crippen LogP contribution in [0.25, 0.3) is 0 Å². The van der Waals surface area contributed by atoms with Gasteiger partial charge in [-0.05, 0) is 25.7 Å². The Kier molecular flexibility index (Phi) is 11.9. The molecular formula is C15H28O6.